The summed E-state index contributed by atoms with van der Waals surface area (Å²) in [7, 11) is 0. The van der Waals surface area contributed by atoms with Gasteiger partial charge in [0.1, 0.15) is 5.82 Å². The SMILES string of the molecule is NC(=O)c1nc2c(n1Cc1ccccc1Cl)C1CC(C1)c1cc(F)c(I)cc1-2. The number of hydrogen-bond acceptors (Lipinski definition) is 2. The highest BCUT2D eigenvalue weighted by Crippen LogP contribution is 2.55. The van der Waals surface area contributed by atoms with Crippen LogP contribution < -0.4 is 5.73 Å². The minimum absolute atomic E-state index is 0.211. The first-order valence-corrected chi connectivity index (χ1v) is 10.5. The average molecular weight is 508 g/mol. The molecule has 0 spiro atoms. The molecule has 1 fully saturated rings. The molecule has 1 heterocycles. The Bertz CT molecular complexity index is 1140. The van der Waals surface area contributed by atoms with Gasteiger partial charge >= 0.3 is 0 Å². The third-order valence-corrected chi connectivity index (χ3v) is 7.02. The molecule has 2 bridgehead atoms. The van der Waals surface area contributed by atoms with Crippen LogP contribution >= 0.6 is 34.2 Å². The molecule has 3 aromatic rings. The van der Waals surface area contributed by atoms with Crippen molar-refractivity contribution in [1.82, 2.24) is 9.55 Å². The van der Waals surface area contributed by atoms with E-state index in [0.29, 0.717) is 21.1 Å². The number of halogens is 3. The summed E-state index contributed by atoms with van der Waals surface area (Å²) in [6, 6.07) is 11.0. The lowest BCUT2D eigenvalue weighted by Gasteiger charge is -2.34. The Hall–Kier alpha value is -1.93. The van der Waals surface area contributed by atoms with Gasteiger partial charge in [-0.15, -0.1) is 0 Å². The predicted octanol–water partition coefficient (Wildman–Crippen LogP) is 5.07. The lowest BCUT2D eigenvalue weighted by molar-refractivity contribution is 0.0986. The fourth-order valence-electron chi connectivity index (χ4n) is 4.42. The number of nitrogens with two attached hydrogens (primary N) is 1. The third-order valence-electron chi connectivity index (χ3n) is 5.83. The van der Waals surface area contributed by atoms with Gasteiger partial charge in [-0.05, 0) is 70.7 Å². The smallest absolute Gasteiger partial charge is 0.284 e. The first kappa shape index (κ1) is 18.1. The van der Waals surface area contributed by atoms with Gasteiger partial charge in [0, 0.05) is 25.8 Å². The molecule has 2 aromatic carbocycles. The lowest BCUT2D eigenvalue weighted by Crippen LogP contribution is -2.24. The highest BCUT2D eigenvalue weighted by Gasteiger charge is 2.42. The minimum Gasteiger partial charge on any atom is -0.363 e. The second-order valence-electron chi connectivity index (χ2n) is 7.43. The van der Waals surface area contributed by atoms with Crippen LogP contribution in [0.25, 0.3) is 11.3 Å². The van der Waals surface area contributed by atoms with Crippen molar-refractivity contribution in [2.24, 2.45) is 5.73 Å². The first-order chi connectivity index (χ1) is 13.4. The molecule has 1 saturated carbocycles. The number of nitrogens with zero attached hydrogens (tertiary/aromatic N) is 2. The predicted molar refractivity (Wildman–Crippen MR) is 114 cm³/mol. The Morgan fingerprint density at radius 1 is 1.29 bits per heavy atom. The Balaban J connectivity index is 1.75. The number of amides is 1. The third kappa shape index (κ3) is 2.69. The largest absolute Gasteiger partial charge is 0.363 e. The lowest BCUT2D eigenvalue weighted by atomic mass is 9.71. The average Bonchev–Trinajstić information content (AvgIpc) is 2.86. The molecule has 2 N–H and O–H groups in total. The highest BCUT2D eigenvalue weighted by molar-refractivity contribution is 14.1. The number of carbonyl (C=O) groups is 1. The first-order valence-electron chi connectivity index (χ1n) is 9.07. The standard InChI is InChI=1S/C21H16ClFIN3O/c22-15-4-2-1-3-10(15)9-27-19-12-5-11(6-12)13-7-16(23)17(24)8-14(13)18(19)26-21(27)20(25)28/h1-4,7-8,11-12H,5-6,9H2,(H2,25,28). The molecule has 142 valence electrons. The van der Waals surface area contributed by atoms with E-state index in [2.05, 4.69) is 4.98 Å². The topological polar surface area (TPSA) is 60.9 Å². The molecule has 0 unspecified atom stereocenters. The number of primary amides is 1. The number of rotatable bonds is 3. The van der Waals surface area contributed by atoms with E-state index in [4.69, 9.17) is 17.3 Å². The van der Waals surface area contributed by atoms with Crippen LogP contribution in [0.2, 0.25) is 5.02 Å². The van der Waals surface area contributed by atoms with Gasteiger partial charge in [-0.1, -0.05) is 29.8 Å². The van der Waals surface area contributed by atoms with E-state index in [0.717, 1.165) is 40.9 Å². The van der Waals surface area contributed by atoms with E-state index in [-0.39, 0.29) is 17.6 Å². The molecule has 4 nitrogen and oxygen atoms in total. The summed E-state index contributed by atoms with van der Waals surface area (Å²) in [5.41, 5.74) is 10.2. The maximum Gasteiger partial charge on any atom is 0.284 e. The van der Waals surface area contributed by atoms with Gasteiger partial charge in [0.05, 0.1) is 12.2 Å². The van der Waals surface area contributed by atoms with Crippen LogP contribution in [-0.2, 0) is 6.54 Å². The summed E-state index contributed by atoms with van der Waals surface area (Å²) in [6.45, 7) is 0.426. The maximum atomic E-state index is 14.2. The second kappa shape index (κ2) is 6.56. The van der Waals surface area contributed by atoms with Gasteiger partial charge < -0.3 is 10.3 Å². The van der Waals surface area contributed by atoms with E-state index in [1.54, 1.807) is 6.07 Å². The van der Waals surface area contributed by atoms with Crippen LogP contribution in [-0.4, -0.2) is 15.5 Å². The van der Waals surface area contributed by atoms with Crippen LogP contribution in [0.4, 0.5) is 4.39 Å². The molecule has 0 atom stereocenters. The van der Waals surface area contributed by atoms with Gasteiger partial charge in [-0.25, -0.2) is 9.37 Å². The molecule has 3 aliphatic carbocycles. The molecule has 7 heteroatoms. The number of imidazole rings is 1. The van der Waals surface area contributed by atoms with E-state index in [1.807, 2.05) is 57.5 Å². The Morgan fingerprint density at radius 2 is 2.04 bits per heavy atom. The molecular formula is C21H16ClFIN3O. The zero-order chi connectivity index (χ0) is 19.6. The van der Waals surface area contributed by atoms with Crippen LogP contribution in [0, 0.1) is 9.39 Å². The summed E-state index contributed by atoms with van der Waals surface area (Å²) in [4.78, 5) is 16.8. The number of carbonyl (C=O) groups excluding carboxylic acids is 1. The molecule has 1 amide bonds. The fourth-order valence-corrected chi connectivity index (χ4v) is 5.09. The zero-order valence-corrected chi connectivity index (χ0v) is 17.7. The summed E-state index contributed by atoms with van der Waals surface area (Å²) >= 11 is 8.36. The number of hydrogen-bond donors (Lipinski definition) is 1. The van der Waals surface area contributed by atoms with Crippen molar-refractivity contribution in [2.45, 2.75) is 31.2 Å². The molecular weight excluding hydrogens is 492 g/mol. The van der Waals surface area contributed by atoms with Gasteiger partial charge in [0.25, 0.3) is 5.91 Å². The Morgan fingerprint density at radius 3 is 2.75 bits per heavy atom. The van der Waals surface area contributed by atoms with Crippen LogP contribution in [0.3, 0.4) is 0 Å². The van der Waals surface area contributed by atoms with Crippen molar-refractivity contribution in [1.29, 1.82) is 0 Å². The van der Waals surface area contributed by atoms with E-state index < -0.39 is 5.91 Å². The molecule has 1 aromatic heterocycles. The van der Waals surface area contributed by atoms with Gasteiger partial charge in [-0.3, -0.25) is 4.79 Å². The van der Waals surface area contributed by atoms with Gasteiger partial charge in [-0.2, -0.15) is 0 Å². The minimum atomic E-state index is -0.575. The molecule has 6 rings (SSSR count). The van der Waals surface area contributed by atoms with Crippen molar-refractivity contribution >= 4 is 40.1 Å². The summed E-state index contributed by atoms with van der Waals surface area (Å²) in [6.07, 6.45) is 1.85. The second-order valence-corrected chi connectivity index (χ2v) is 9.00. The van der Waals surface area contributed by atoms with Crippen molar-refractivity contribution < 1.29 is 9.18 Å². The van der Waals surface area contributed by atoms with Crippen molar-refractivity contribution in [2.75, 3.05) is 0 Å². The highest BCUT2D eigenvalue weighted by atomic mass is 127. The number of aromatic nitrogens is 2. The Labute approximate surface area is 180 Å². The van der Waals surface area contributed by atoms with Crippen LogP contribution in [0.5, 0.6) is 0 Å². The molecule has 3 aliphatic rings. The quantitative estimate of drug-likeness (QED) is 0.503. The monoisotopic (exact) mass is 507 g/mol. The normalized spacial score (nSPS) is 19.4. The number of benzene rings is 2. The van der Waals surface area contributed by atoms with Crippen LogP contribution in [0.1, 0.15) is 52.1 Å². The van der Waals surface area contributed by atoms with Crippen molar-refractivity contribution in [3.05, 3.63) is 73.5 Å². The summed E-state index contributed by atoms with van der Waals surface area (Å²) in [5, 5.41) is 0.637. The Kier molecular flexibility index (Phi) is 4.24. The maximum absolute atomic E-state index is 14.2. The molecule has 0 saturated heterocycles. The van der Waals surface area contributed by atoms with Gasteiger partial charge in [0.2, 0.25) is 0 Å². The molecule has 0 aliphatic heterocycles. The summed E-state index contributed by atoms with van der Waals surface area (Å²) < 4.78 is 16.7. The zero-order valence-electron chi connectivity index (χ0n) is 14.8. The van der Waals surface area contributed by atoms with E-state index in [1.165, 1.54) is 0 Å². The summed E-state index contributed by atoms with van der Waals surface area (Å²) in [5.74, 6) is 0.0366. The van der Waals surface area contributed by atoms with Crippen molar-refractivity contribution in [3.8, 4) is 11.3 Å². The molecule has 28 heavy (non-hydrogen) atoms. The van der Waals surface area contributed by atoms with E-state index in [9.17, 15) is 9.18 Å². The van der Waals surface area contributed by atoms with Gasteiger partial charge in [0.15, 0.2) is 5.82 Å². The van der Waals surface area contributed by atoms with Crippen LogP contribution in [0.15, 0.2) is 36.4 Å². The molecule has 0 radical (unpaired) electrons. The van der Waals surface area contributed by atoms with E-state index >= 15 is 0 Å². The fraction of sp³-hybridized carbons (Fsp3) is 0.238. The van der Waals surface area contributed by atoms with Crippen molar-refractivity contribution in [3.63, 3.8) is 0 Å².